The van der Waals surface area contributed by atoms with Crippen LogP contribution in [0.4, 0.5) is 5.69 Å². The van der Waals surface area contributed by atoms with Crippen LogP contribution >= 0.6 is 11.8 Å². The minimum atomic E-state index is -3.45. The number of rotatable bonds is 6. The van der Waals surface area contributed by atoms with Crippen LogP contribution in [0.15, 0.2) is 29.2 Å². The molecule has 0 aromatic heterocycles. The number of benzene rings is 1. The van der Waals surface area contributed by atoms with Gasteiger partial charge in [-0.15, -0.1) is 0 Å². The summed E-state index contributed by atoms with van der Waals surface area (Å²) in [5.74, 6) is 6.29. The summed E-state index contributed by atoms with van der Waals surface area (Å²) in [6.07, 6.45) is 3.09. The molecule has 4 N–H and O–H groups in total. The lowest BCUT2D eigenvalue weighted by Crippen LogP contribution is -2.38. The topological polar surface area (TPSA) is 84.2 Å². The fourth-order valence-electron chi connectivity index (χ4n) is 2.47. The molecule has 112 valence electrons. The molecule has 2 unspecified atom stereocenters. The number of thioether (sulfide) groups is 1. The third kappa shape index (κ3) is 3.66. The normalized spacial score (nSPS) is 22.9. The maximum Gasteiger partial charge on any atom is 0.240 e. The highest BCUT2D eigenvalue weighted by atomic mass is 32.2. The zero-order chi connectivity index (χ0) is 14.6. The van der Waals surface area contributed by atoms with E-state index < -0.39 is 10.0 Å². The molecule has 7 heteroatoms. The largest absolute Gasteiger partial charge is 0.324 e. The van der Waals surface area contributed by atoms with Crippen LogP contribution in [-0.2, 0) is 10.0 Å². The first kappa shape index (κ1) is 15.6. The molecule has 1 aromatic carbocycles. The standard InChI is InChI=1S/C13H21N3O2S2/c1-2-19-13-5-3-4-12(13)16-20(17,18)11-8-6-10(15-14)7-9-11/h6-9,12-13,15-16H,2-5,14H2,1H3. The van der Waals surface area contributed by atoms with Crippen molar-refractivity contribution in [2.45, 2.75) is 42.4 Å². The average Bonchev–Trinajstić information content (AvgIpc) is 2.86. The van der Waals surface area contributed by atoms with Gasteiger partial charge in [-0.3, -0.25) is 5.84 Å². The van der Waals surface area contributed by atoms with Crippen molar-refractivity contribution in [1.29, 1.82) is 0 Å². The molecule has 0 radical (unpaired) electrons. The van der Waals surface area contributed by atoms with Crippen LogP contribution in [0.5, 0.6) is 0 Å². The van der Waals surface area contributed by atoms with Gasteiger partial charge in [0, 0.05) is 17.0 Å². The van der Waals surface area contributed by atoms with Crippen LogP contribution in [0.3, 0.4) is 0 Å². The Morgan fingerprint density at radius 3 is 2.60 bits per heavy atom. The molecule has 1 aliphatic carbocycles. The Kier molecular flexibility index (Phi) is 5.31. The summed E-state index contributed by atoms with van der Waals surface area (Å²) in [6.45, 7) is 2.10. The molecule has 0 heterocycles. The summed E-state index contributed by atoms with van der Waals surface area (Å²) in [6, 6.07) is 6.48. The zero-order valence-corrected chi connectivity index (χ0v) is 13.1. The molecule has 5 nitrogen and oxygen atoms in total. The van der Waals surface area contributed by atoms with E-state index in [2.05, 4.69) is 17.1 Å². The molecule has 2 atom stereocenters. The predicted octanol–water partition coefficient (Wildman–Crippen LogP) is 1.92. The van der Waals surface area contributed by atoms with E-state index in [4.69, 9.17) is 5.84 Å². The SMILES string of the molecule is CCSC1CCCC1NS(=O)(=O)c1ccc(NN)cc1. The number of sulfonamides is 1. The smallest absolute Gasteiger partial charge is 0.240 e. The maximum absolute atomic E-state index is 12.4. The van der Waals surface area contributed by atoms with Crippen molar-refractivity contribution in [3.63, 3.8) is 0 Å². The quantitative estimate of drug-likeness (QED) is 0.552. The second-order valence-electron chi connectivity index (χ2n) is 4.82. The van der Waals surface area contributed by atoms with E-state index in [0.717, 1.165) is 25.0 Å². The summed E-state index contributed by atoms with van der Waals surface area (Å²) in [7, 11) is -3.45. The van der Waals surface area contributed by atoms with Gasteiger partial charge in [-0.05, 0) is 42.9 Å². The number of hydrogen-bond donors (Lipinski definition) is 3. The number of anilines is 1. The van der Waals surface area contributed by atoms with Gasteiger partial charge < -0.3 is 5.43 Å². The van der Waals surface area contributed by atoms with E-state index in [-0.39, 0.29) is 10.9 Å². The van der Waals surface area contributed by atoms with Gasteiger partial charge in [-0.25, -0.2) is 13.1 Å². The molecular weight excluding hydrogens is 294 g/mol. The lowest BCUT2D eigenvalue weighted by atomic mass is 10.3. The van der Waals surface area contributed by atoms with E-state index in [9.17, 15) is 8.42 Å². The van der Waals surface area contributed by atoms with Crippen molar-refractivity contribution in [3.05, 3.63) is 24.3 Å². The first-order valence-corrected chi connectivity index (χ1v) is 9.30. The van der Waals surface area contributed by atoms with Crippen molar-refractivity contribution in [2.24, 2.45) is 5.84 Å². The molecule has 0 bridgehead atoms. The molecule has 1 aliphatic rings. The van der Waals surface area contributed by atoms with Crippen molar-refractivity contribution < 1.29 is 8.42 Å². The Balaban J connectivity index is 2.09. The lowest BCUT2D eigenvalue weighted by Gasteiger charge is -2.20. The van der Waals surface area contributed by atoms with Gasteiger partial charge in [-0.2, -0.15) is 11.8 Å². The fourth-order valence-corrected chi connectivity index (χ4v) is 5.07. The molecule has 20 heavy (non-hydrogen) atoms. The maximum atomic E-state index is 12.4. The van der Waals surface area contributed by atoms with Crippen LogP contribution in [0, 0.1) is 0 Å². The Morgan fingerprint density at radius 2 is 2.00 bits per heavy atom. The van der Waals surface area contributed by atoms with E-state index in [0.29, 0.717) is 10.9 Å². The second-order valence-corrected chi connectivity index (χ2v) is 8.05. The first-order valence-electron chi connectivity index (χ1n) is 6.77. The fraction of sp³-hybridized carbons (Fsp3) is 0.538. The Bertz CT molecular complexity index is 531. The molecule has 0 spiro atoms. The molecule has 0 aliphatic heterocycles. The number of nitrogen functional groups attached to an aromatic ring is 1. The highest BCUT2D eigenvalue weighted by molar-refractivity contribution is 8.00. The molecule has 0 saturated heterocycles. The van der Waals surface area contributed by atoms with Gasteiger partial charge in [0.2, 0.25) is 10.0 Å². The van der Waals surface area contributed by atoms with Crippen LogP contribution in [0.1, 0.15) is 26.2 Å². The van der Waals surface area contributed by atoms with Gasteiger partial charge >= 0.3 is 0 Å². The van der Waals surface area contributed by atoms with Gasteiger partial charge in [0.25, 0.3) is 0 Å². The molecule has 1 aromatic rings. The average molecular weight is 315 g/mol. The molecule has 1 fully saturated rings. The molecule has 0 amide bonds. The summed E-state index contributed by atoms with van der Waals surface area (Å²) in [5.41, 5.74) is 3.17. The van der Waals surface area contributed by atoms with Crippen LogP contribution in [-0.4, -0.2) is 25.5 Å². The minimum Gasteiger partial charge on any atom is -0.324 e. The Morgan fingerprint density at radius 1 is 1.30 bits per heavy atom. The van der Waals surface area contributed by atoms with Crippen molar-refractivity contribution in [1.82, 2.24) is 4.72 Å². The van der Waals surface area contributed by atoms with Crippen molar-refractivity contribution in [2.75, 3.05) is 11.2 Å². The number of nitrogens with one attached hydrogen (secondary N) is 2. The molecular formula is C13H21N3O2S2. The zero-order valence-electron chi connectivity index (χ0n) is 11.5. The van der Waals surface area contributed by atoms with Gasteiger partial charge in [0.15, 0.2) is 0 Å². The second kappa shape index (κ2) is 6.80. The van der Waals surface area contributed by atoms with Crippen LogP contribution < -0.4 is 16.0 Å². The third-order valence-corrected chi connectivity index (χ3v) is 6.30. The highest BCUT2D eigenvalue weighted by Gasteiger charge is 2.31. The first-order chi connectivity index (χ1) is 9.56. The molecule has 2 rings (SSSR count). The van der Waals surface area contributed by atoms with E-state index >= 15 is 0 Å². The number of hydrogen-bond acceptors (Lipinski definition) is 5. The highest BCUT2D eigenvalue weighted by Crippen LogP contribution is 2.31. The summed E-state index contributed by atoms with van der Waals surface area (Å²) >= 11 is 1.84. The van der Waals surface area contributed by atoms with Gasteiger partial charge in [0.1, 0.15) is 0 Å². The predicted molar refractivity (Wildman–Crippen MR) is 84.1 cm³/mol. The van der Waals surface area contributed by atoms with Gasteiger partial charge in [-0.1, -0.05) is 13.3 Å². The Labute approximate surface area is 124 Å². The molecule has 1 saturated carbocycles. The van der Waals surface area contributed by atoms with Crippen molar-refractivity contribution >= 4 is 27.5 Å². The van der Waals surface area contributed by atoms with Gasteiger partial charge in [0.05, 0.1) is 4.90 Å². The van der Waals surface area contributed by atoms with Crippen LogP contribution in [0.2, 0.25) is 0 Å². The van der Waals surface area contributed by atoms with E-state index in [1.807, 2.05) is 11.8 Å². The minimum absolute atomic E-state index is 0.0391. The monoisotopic (exact) mass is 315 g/mol. The van der Waals surface area contributed by atoms with E-state index in [1.165, 1.54) is 0 Å². The number of hydrazine groups is 1. The summed E-state index contributed by atoms with van der Waals surface area (Å²) in [4.78, 5) is 0.281. The Hall–Kier alpha value is -0.760. The third-order valence-electron chi connectivity index (χ3n) is 3.47. The summed E-state index contributed by atoms with van der Waals surface area (Å²) in [5, 5.41) is 0.389. The van der Waals surface area contributed by atoms with Crippen LogP contribution in [0.25, 0.3) is 0 Å². The summed E-state index contributed by atoms with van der Waals surface area (Å²) < 4.78 is 27.6. The number of nitrogens with two attached hydrogens (primary N) is 1. The van der Waals surface area contributed by atoms with E-state index in [1.54, 1.807) is 24.3 Å². The van der Waals surface area contributed by atoms with Crippen molar-refractivity contribution in [3.8, 4) is 0 Å². The lowest BCUT2D eigenvalue weighted by molar-refractivity contribution is 0.555.